The fourth-order valence-electron chi connectivity index (χ4n) is 3.31. The van der Waals surface area contributed by atoms with Gasteiger partial charge in [0.15, 0.2) is 5.78 Å². The van der Waals surface area contributed by atoms with E-state index in [0.29, 0.717) is 26.1 Å². The number of hydrogen-bond acceptors (Lipinski definition) is 4. The first-order valence-electron chi connectivity index (χ1n) is 9.76. The summed E-state index contributed by atoms with van der Waals surface area (Å²) < 4.78 is 11.5. The highest BCUT2D eigenvalue weighted by Crippen LogP contribution is 2.25. The Morgan fingerprint density at radius 1 is 1.04 bits per heavy atom. The van der Waals surface area contributed by atoms with Crippen molar-refractivity contribution in [1.29, 1.82) is 0 Å². The number of ketones is 1. The molecule has 0 heterocycles. The van der Waals surface area contributed by atoms with Crippen molar-refractivity contribution in [3.63, 3.8) is 0 Å². The number of aliphatic carboxylic acids is 1. The lowest BCUT2D eigenvalue weighted by Crippen LogP contribution is -2.12. The van der Waals surface area contributed by atoms with Crippen LogP contribution in [0.2, 0.25) is 0 Å². The molecule has 0 saturated carbocycles. The lowest BCUT2D eigenvalue weighted by molar-refractivity contribution is -0.141. The van der Waals surface area contributed by atoms with Crippen LogP contribution < -0.4 is 9.47 Å². The number of carbonyl (C=O) groups is 2. The molecule has 1 atom stereocenters. The van der Waals surface area contributed by atoms with Crippen LogP contribution in [0.25, 0.3) is 0 Å². The molecule has 2 aromatic carbocycles. The van der Waals surface area contributed by atoms with Crippen molar-refractivity contribution in [2.24, 2.45) is 5.92 Å². The van der Waals surface area contributed by atoms with Crippen molar-refractivity contribution in [3.05, 3.63) is 59.2 Å². The van der Waals surface area contributed by atoms with E-state index in [2.05, 4.69) is 0 Å². The van der Waals surface area contributed by atoms with Gasteiger partial charge in [-0.25, -0.2) is 0 Å². The summed E-state index contributed by atoms with van der Waals surface area (Å²) in [6.07, 6.45) is 3.74. The first kappa shape index (κ1) is 19.9. The standard InChI is InChI=1S/C23H26O5/c1-16(23(25)26)14-17-6-8-19(9-7-17)27-12-3-13-28-20-10-11-21-18(15-20)4-2-5-22(21)24/h6-11,15-16H,2-5,12-14H2,1H3,(H,25,26). The van der Waals surface area contributed by atoms with Crippen molar-refractivity contribution >= 4 is 11.8 Å². The third-order valence-corrected chi connectivity index (χ3v) is 4.94. The van der Waals surface area contributed by atoms with Gasteiger partial charge in [0.25, 0.3) is 0 Å². The van der Waals surface area contributed by atoms with Crippen LogP contribution in [0.1, 0.15) is 47.7 Å². The number of carboxylic acid groups (broad SMARTS) is 1. The van der Waals surface area contributed by atoms with Crippen molar-refractivity contribution in [3.8, 4) is 11.5 Å². The normalized spacial score (nSPS) is 14.2. The summed E-state index contributed by atoms with van der Waals surface area (Å²) in [6.45, 7) is 2.78. The van der Waals surface area contributed by atoms with Crippen molar-refractivity contribution < 1.29 is 24.2 Å². The van der Waals surface area contributed by atoms with Crippen LogP contribution in [-0.2, 0) is 17.6 Å². The number of carbonyl (C=O) groups excluding carboxylic acids is 1. The molecule has 0 amide bonds. The second kappa shape index (κ2) is 9.40. The lowest BCUT2D eigenvalue weighted by atomic mass is 9.91. The van der Waals surface area contributed by atoms with Gasteiger partial charge in [0.2, 0.25) is 0 Å². The van der Waals surface area contributed by atoms with Crippen LogP contribution in [0.15, 0.2) is 42.5 Å². The van der Waals surface area contributed by atoms with E-state index in [1.54, 1.807) is 6.92 Å². The average Bonchev–Trinajstić information content (AvgIpc) is 2.69. The molecule has 1 aliphatic rings. The van der Waals surface area contributed by atoms with Gasteiger partial charge in [-0.1, -0.05) is 19.1 Å². The second-order valence-corrected chi connectivity index (χ2v) is 7.23. The van der Waals surface area contributed by atoms with E-state index >= 15 is 0 Å². The molecule has 5 nitrogen and oxygen atoms in total. The summed E-state index contributed by atoms with van der Waals surface area (Å²) in [5.41, 5.74) is 2.90. The first-order chi connectivity index (χ1) is 13.5. The third-order valence-electron chi connectivity index (χ3n) is 4.94. The molecule has 28 heavy (non-hydrogen) atoms. The Balaban J connectivity index is 1.39. The minimum Gasteiger partial charge on any atom is -0.493 e. The number of Topliss-reactive ketones (excluding diaryl/α,β-unsaturated/α-hetero) is 1. The maximum absolute atomic E-state index is 11.9. The number of carboxylic acids is 1. The van der Waals surface area contributed by atoms with Crippen LogP contribution >= 0.6 is 0 Å². The average molecular weight is 382 g/mol. The molecule has 0 aliphatic heterocycles. The summed E-state index contributed by atoms with van der Waals surface area (Å²) in [6, 6.07) is 13.2. The van der Waals surface area contributed by atoms with Gasteiger partial charge in [-0.15, -0.1) is 0 Å². The van der Waals surface area contributed by atoms with Crippen molar-refractivity contribution in [2.75, 3.05) is 13.2 Å². The Hall–Kier alpha value is -2.82. The SMILES string of the molecule is CC(Cc1ccc(OCCCOc2ccc3c(c2)CCCC3=O)cc1)C(=O)O. The topological polar surface area (TPSA) is 72.8 Å². The number of ether oxygens (including phenoxy) is 2. The predicted molar refractivity (Wildman–Crippen MR) is 106 cm³/mol. The molecule has 0 aromatic heterocycles. The quantitative estimate of drug-likeness (QED) is 0.654. The molecule has 2 aromatic rings. The van der Waals surface area contributed by atoms with Gasteiger partial charge in [-0.2, -0.15) is 0 Å². The summed E-state index contributed by atoms with van der Waals surface area (Å²) in [5.74, 6) is 0.602. The van der Waals surface area contributed by atoms with E-state index < -0.39 is 11.9 Å². The van der Waals surface area contributed by atoms with Crippen LogP contribution in [0, 0.1) is 5.92 Å². The highest BCUT2D eigenvalue weighted by atomic mass is 16.5. The zero-order valence-corrected chi connectivity index (χ0v) is 16.1. The van der Waals surface area contributed by atoms with Gasteiger partial charge in [0.1, 0.15) is 11.5 Å². The molecule has 5 heteroatoms. The van der Waals surface area contributed by atoms with E-state index in [4.69, 9.17) is 14.6 Å². The molecule has 0 spiro atoms. The Morgan fingerprint density at radius 3 is 2.43 bits per heavy atom. The first-order valence-corrected chi connectivity index (χ1v) is 9.76. The number of benzene rings is 2. The molecule has 0 saturated heterocycles. The van der Waals surface area contributed by atoms with Gasteiger partial charge < -0.3 is 14.6 Å². The molecular weight excluding hydrogens is 356 g/mol. The van der Waals surface area contributed by atoms with Gasteiger partial charge >= 0.3 is 5.97 Å². The van der Waals surface area contributed by atoms with Crippen molar-refractivity contribution in [1.82, 2.24) is 0 Å². The minimum atomic E-state index is -0.786. The summed E-state index contributed by atoms with van der Waals surface area (Å²) in [7, 11) is 0. The maximum atomic E-state index is 11.9. The monoisotopic (exact) mass is 382 g/mol. The van der Waals surface area contributed by atoms with Crippen LogP contribution in [0.5, 0.6) is 11.5 Å². The molecule has 1 aliphatic carbocycles. The Morgan fingerprint density at radius 2 is 1.71 bits per heavy atom. The molecule has 1 unspecified atom stereocenters. The molecule has 0 radical (unpaired) electrons. The summed E-state index contributed by atoms with van der Waals surface area (Å²) in [5, 5.41) is 8.97. The highest BCUT2D eigenvalue weighted by molar-refractivity contribution is 5.98. The van der Waals surface area contributed by atoms with E-state index in [-0.39, 0.29) is 5.78 Å². The van der Waals surface area contributed by atoms with Crippen LogP contribution in [0.3, 0.4) is 0 Å². The van der Waals surface area contributed by atoms with Crippen LogP contribution in [0.4, 0.5) is 0 Å². The lowest BCUT2D eigenvalue weighted by Gasteiger charge is -2.16. The molecule has 0 fully saturated rings. The van der Waals surface area contributed by atoms with Gasteiger partial charge in [0.05, 0.1) is 19.1 Å². The third kappa shape index (κ3) is 5.35. The molecule has 0 bridgehead atoms. The Kier molecular flexibility index (Phi) is 6.69. The fraction of sp³-hybridized carbons (Fsp3) is 0.391. The number of fused-ring (bicyclic) bond motifs is 1. The van der Waals surface area contributed by atoms with Crippen molar-refractivity contribution in [2.45, 2.75) is 39.0 Å². The van der Waals surface area contributed by atoms with Crippen LogP contribution in [-0.4, -0.2) is 30.1 Å². The van der Waals surface area contributed by atoms with E-state index in [0.717, 1.165) is 47.5 Å². The van der Waals surface area contributed by atoms with E-state index in [1.807, 2.05) is 42.5 Å². The van der Waals surface area contributed by atoms with E-state index in [1.165, 1.54) is 0 Å². The molecule has 3 rings (SSSR count). The van der Waals surface area contributed by atoms with Gasteiger partial charge in [-0.3, -0.25) is 9.59 Å². The minimum absolute atomic E-state index is 0.227. The Bertz CT molecular complexity index is 825. The molecular formula is C23H26O5. The smallest absolute Gasteiger partial charge is 0.306 e. The Labute approximate surface area is 165 Å². The molecule has 1 N–H and O–H groups in total. The maximum Gasteiger partial charge on any atom is 0.306 e. The van der Waals surface area contributed by atoms with E-state index in [9.17, 15) is 9.59 Å². The fourth-order valence-corrected chi connectivity index (χ4v) is 3.31. The van der Waals surface area contributed by atoms with Gasteiger partial charge in [-0.05, 0) is 60.7 Å². The predicted octanol–water partition coefficient (Wildman–Crippen LogP) is 4.32. The zero-order valence-electron chi connectivity index (χ0n) is 16.1. The largest absolute Gasteiger partial charge is 0.493 e. The van der Waals surface area contributed by atoms with Gasteiger partial charge in [0, 0.05) is 18.4 Å². The summed E-state index contributed by atoms with van der Waals surface area (Å²) in [4.78, 5) is 22.8. The molecule has 148 valence electrons. The second-order valence-electron chi connectivity index (χ2n) is 7.23. The summed E-state index contributed by atoms with van der Waals surface area (Å²) >= 11 is 0. The number of hydrogen-bond donors (Lipinski definition) is 1. The highest BCUT2D eigenvalue weighted by Gasteiger charge is 2.17. The zero-order chi connectivity index (χ0) is 19.9. The number of rotatable bonds is 9. The number of aryl methyl sites for hydroxylation is 1.